The number of nitro groups is 1. The number of rotatable bonds is 21. The van der Waals surface area contributed by atoms with Crippen molar-refractivity contribution in [2.45, 2.75) is 95.6 Å². The van der Waals surface area contributed by atoms with Gasteiger partial charge < -0.3 is 39.5 Å². The van der Waals surface area contributed by atoms with Crippen LogP contribution in [0.25, 0.3) is 0 Å². The number of nitrogens with zero attached hydrogens (tertiary/aromatic N) is 3. The Kier molecular flexibility index (Phi) is 14.9. The Morgan fingerprint density at radius 3 is 2.41 bits per heavy atom. The second-order valence-corrected chi connectivity index (χ2v) is 16.8. The Hall–Kier alpha value is -5.64. The molecular weight excluding hydrogens is 812 g/mol. The Labute approximate surface area is 366 Å². The number of allylic oxidation sites excluding steroid dienone is 1. The van der Waals surface area contributed by atoms with Crippen LogP contribution >= 0.6 is 0 Å². The number of nitrogens with one attached hydrogen (secondary N) is 1. The Balaban J connectivity index is 1.43. The highest BCUT2D eigenvalue weighted by molar-refractivity contribution is 6.03. The number of unbranched alkanes of at least 4 members (excludes halogenated alkanes) is 2. The van der Waals surface area contributed by atoms with Crippen LogP contribution in [0.3, 0.4) is 0 Å². The largest absolute Gasteiger partial charge is 0.459 e. The van der Waals surface area contributed by atoms with Crippen molar-refractivity contribution in [3.8, 4) is 11.5 Å². The Morgan fingerprint density at radius 2 is 1.75 bits per heavy atom. The van der Waals surface area contributed by atoms with Gasteiger partial charge in [-0.1, -0.05) is 42.3 Å². The molecule has 2 fully saturated rings. The summed E-state index contributed by atoms with van der Waals surface area (Å²) in [6.45, 7) is 6.46. The Morgan fingerprint density at radius 1 is 1.03 bits per heavy atom. The first-order valence-corrected chi connectivity index (χ1v) is 22.0. The lowest BCUT2D eigenvalue weighted by Gasteiger charge is -2.60. The fourth-order valence-electron chi connectivity index (χ4n) is 9.59. The molecule has 3 N–H and O–H groups in total. The summed E-state index contributed by atoms with van der Waals surface area (Å²) in [5.74, 6) is -2.47. The van der Waals surface area contributed by atoms with Crippen molar-refractivity contribution in [1.29, 1.82) is 0 Å². The summed E-state index contributed by atoms with van der Waals surface area (Å²) < 4.78 is 34.4. The van der Waals surface area contributed by atoms with E-state index in [2.05, 4.69) is 18.0 Å². The molecule has 1 aliphatic heterocycles. The first-order valence-electron chi connectivity index (χ1n) is 22.0. The standard InChI is InChI=1S/C48H57FN4O10/c1-3-25-60-48-43(52(46(56)33-15-16-33)29-31-11-17-35(49)18-12-31)28-41(51-61-30-32-13-19-36(20-14-32)53(58)59)39-26-34(9-5-7-23-54)38(10-6-8-24-55)44(45(39)48)40-27-37(21-22-42(40)63-48)62-47(57)50-4-2/h3,11-14,17-22,26-27,33-34,38,43-45,54-55H,1,4-10,15-16,23-25,28-30H2,2H3,(H,50,57). The third-order valence-corrected chi connectivity index (χ3v) is 12.6. The van der Waals surface area contributed by atoms with Crippen LogP contribution in [0.2, 0.25) is 0 Å². The van der Waals surface area contributed by atoms with Crippen LogP contribution in [0.5, 0.6) is 11.5 Å². The SMILES string of the molecule is C=CCOC12Oc3ccc(OC(=O)NCC)cc3C3C(CCCCO)C(CCCCO)C=C(C(=NOCc4ccc([N+](=O)[O-])cc4)CC1N(Cc1ccc(F)cc1)C(=O)C1CC1)C32. The van der Waals surface area contributed by atoms with Crippen molar-refractivity contribution < 1.29 is 48.2 Å². The van der Waals surface area contributed by atoms with E-state index in [0.29, 0.717) is 54.1 Å². The number of halogens is 1. The van der Waals surface area contributed by atoms with Crippen molar-refractivity contribution in [2.75, 3.05) is 26.4 Å². The van der Waals surface area contributed by atoms with Crippen molar-refractivity contribution in [1.82, 2.24) is 10.2 Å². The van der Waals surface area contributed by atoms with E-state index in [1.165, 1.54) is 24.3 Å². The second-order valence-electron chi connectivity index (χ2n) is 16.8. The van der Waals surface area contributed by atoms with Crippen LogP contribution < -0.4 is 14.8 Å². The molecule has 2 amide bonds. The number of fused-ring (bicyclic) bond motifs is 2. The van der Waals surface area contributed by atoms with E-state index in [-0.39, 0.29) is 74.7 Å². The number of hydrogen-bond acceptors (Lipinski definition) is 11. The fraction of sp³-hybridized carbons (Fsp3) is 0.479. The summed E-state index contributed by atoms with van der Waals surface area (Å²) >= 11 is 0. The molecule has 1 heterocycles. The first kappa shape index (κ1) is 45.4. The highest BCUT2D eigenvalue weighted by atomic mass is 19.1. The zero-order chi connectivity index (χ0) is 44.5. The van der Waals surface area contributed by atoms with Gasteiger partial charge in [0.2, 0.25) is 11.7 Å². The lowest BCUT2D eigenvalue weighted by atomic mass is 9.55. The molecule has 3 aromatic rings. The van der Waals surface area contributed by atoms with Gasteiger partial charge >= 0.3 is 6.09 Å². The van der Waals surface area contributed by atoms with E-state index < -0.39 is 34.6 Å². The van der Waals surface area contributed by atoms with Crippen LogP contribution in [-0.2, 0) is 27.5 Å². The van der Waals surface area contributed by atoms with Crippen LogP contribution in [0.1, 0.15) is 87.3 Å². The number of aliphatic hydroxyl groups is 2. The molecule has 0 aromatic heterocycles. The van der Waals surface area contributed by atoms with Crippen molar-refractivity contribution in [3.63, 3.8) is 0 Å². The van der Waals surface area contributed by atoms with Gasteiger partial charge in [0.25, 0.3) is 5.69 Å². The number of aliphatic hydroxyl groups excluding tert-OH is 2. The molecule has 3 aliphatic carbocycles. The maximum Gasteiger partial charge on any atom is 0.412 e. The molecule has 336 valence electrons. The quantitative estimate of drug-likeness (QED) is 0.0409. The zero-order valence-corrected chi connectivity index (χ0v) is 35.7. The lowest BCUT2D eigenvalue weighted by molar-refractivity contribution is -0.384. The molecule has 2 saturated carbocycles. The summed E-state index contributed by atoms with van der Waals surface area (Å²) in [7, 11) is 0. The molecule has 6 unspecified atom stereocenters. The minimum Gasteiger partial charge on any atom is -0.459 e. The summed E-state index contributed by atoms with van der Waals surface area (Å²) in [6, 6.07) is 16.6. The minimum absolute atomic E-state index is 0.00944. The smallest absolute Gasteiger partial charge is 0.412 e. The number of carbonyl (C=O) groups excluding carboxylic acids is 2. The van der Waals surface area contributed by atoms with E-state index in [1.807, 2.05) is 6.07 Å². The number of carbonyl (C=O) groups is 2. The topological polar surface area (TPSA) is 182 Å². The zero-order valence-electron chi connectivity index (χ0n) is 35.7. The van der Waals surface area contributed by atoms with Gasteiger partial charge in [-0.25, -0.2) is 9.18 Å². The molecule has 63 heavy (non-hydrogen) atoms. The van der Waals surface area contributed by atoms with Gasteiger partial charge in [0.05, 0.1) is 23.2 Å². The molecule has 0 radical (unpaired) electrons. The van der Waals surface area contributed by atoms with Crippen molar-refractivity contribution >= 4 is 23.4 Å². The van der Waals surface area contributed by atoms with E-state index in [4.69, 9.17) is 24.2 Å². The average molecular weight is 869 g/mol. The number of non-ortho nitro benzene ring substituents is 1. The van der Waals surface area contributed by atoms with E-state index in [9.17, 15) is 34.3 Å². The molecule has 0 spiro atoms. The van der Waals surface area contributed by atoms with Crippen LogP contribution in [-0.4, -0.2) is 75.9 Å². The molecule has 3 aromatic carbocycles. The third-order valence-electron chi connectivity index (χ3n) is 12.6. The highest BCUT2D eigenvalue weighted by Gasteiger charge is 2.66. The van der Waals surface area contributed by atoms with E-state index >= 15 is 0 Å². The number of benzene rings is 3. The molecule has 15 heteroatoms. The van der Waals surface area contributed by atoms with Crippen LogP contribution in [0, 0.1) is 39.6 Å². The van der Waals surface area contributed by atoms with Gasteiger partial charge in [0.1, 0.15) is 30.0 Å². The number of nitro benzene ring substituents is 1. The molecule has 7 rings (SSSR count). The molecule has 0 saturated heterocycles. The first-order chi connectivity index (χ1) is 30.6. The summed E-state index contributed by atoms with van der Waals surface area (Å²) in [6.07, 6.45) is 8.98. The number of oxime groups is 1. The summed E-state index contributed by atoms with van der Waals surface area (Å²) in [4.78, 5) is 46.4. The second kappa shape index (κ2) is 20.7. The van der Waals surface area contributed by atoms with Gasteiger partial charge in [-0.15, -0.1) is 6.58 Å². The van der Waals surface area contributed by atoms with Crippen LogP contribution in [0.15, 0.2) is 96.2 Å². The number of amides is 2. The molecular formula is C48H57FN4O10. The molecule has 4 aliphatic rings. The Bertz CT molecular complexity index is 2160. The maximum atomic E-state index is 14.8. The van der Waals surface area contributed by atoms with Crippen LogP contribution in [0.4, 0.5) is 14.9 Å². The minimum atomic E-state index is -1.52. The number of ether oxygens (including phenoxy) is 3. The summed E-state index contributed by atoms with van der Waals surface area (Å²) in [5.41, 5.74) is 3.51. The van der Waals surface area contributed by atoms with Gasteiger partial charge in [-0.3, -0.25) is 14.9 Å². The third kappa shape index (κ3) is 10.3. The van der Waals surface area contributed by atoms with Gasteiger partial charge in [-0.05, 0) is 116 Å². The normalized spacial score (nSPS) is 24.0. The fourth-order valence-corrected chi connectivity index (χ4v) is 9.59. The summed E-state index contributed by atoms with van der Waals surface area (Å²) in [5, 5.41) is 38.7. The monoisotopic (exact) mass is 868 g/mol. The predicted octanol–water partition coefficient (Wildman–Crippen LogP) is 8.11. The highest BCUT2D eigenvalue weighted by Crippen LogP contribution is 2.62. The molecule has 14 nitrogen and oxygen atoms in total. The average Bonchev–Trinajstić information content (AvgIpc) is 4.13. The van der Waals surface area contributed by atoms with Gasteiger partial charge in [0, 0.05) is 62.3 Å². The maximum absolute atomic E-state index is 14.8. The molecule has 0 bridgehead atoms. The van der Waals surface area contributed by atoms with Crippen molar-refractivity contribution in [2.24, 2.45) is 28.8 Å². The van der Waals surface area contributed by atoms with E-state index in [0.717, 1.165) is 43.2 Å². The van der Waals surface area contributed by atoms with Gasteiger partial charge in [-0.2, -0.15) is 0 Å². The van der Waals surface area contributed by atoms with E-state index in [1.54, 1.807) is 54.3 Å². The van der Waals surface area contributed by atoms with Gasteiger partial charge in [0.15, 0.2) is 0 Å². The van der Waals surface area contributed by atoms with Crippen molar-refractivity contribution in [3.05, 3.63) is 124 Å². The number of hydrogen-bond donors (Lipinski definition) is 3. The lowest BCUT2D eigenvalue weighted by Crippen LogP contribution is -2.70. The predicted molar refractivity (Wildman–Crippen MR) is 232 cm³/mol. The molecule has 6 atom stereocenters.